The Morgan fingerprint density at radius 1 is 1.25 bits per heavy atom. The summed E-state index contributed by atoms with van der Waals surface area (Å²) in [6.07, 6.45) is 3.89. The summed E-state index contributed by atoms with van der Waals surface area (Å²) in [7, 11) is 3.89. The molecule has 1 aromatic rings. The Kier molecular flexibility index (Phi) is 8.27. The van der Waals surface area contributed by atoms with Crippen molar-refractivity contribution in [3.8, 4) is 11.8 Å². The summed E-state index contributed by atoms with van der Waals surface area (Å²) < 4.78 is 0. The van der Waals surface area contributed by atoms with E-state index in [0.717, 1.165) is 25.7 Å². The van der Waals surface area contributed by atoms with Crippen molar-refractivity contribution in [1.29, 1.82) is 0 Å². The molecule has 4 nitrogen and oxygen atoms in total. The van der Waals surface area contributed by atoms with Crippen molar-refractivity contribution in [2.45, 2.75) is 31.3 Å². The average molecular weight is 351 g/mol. The highest BCUT2D eigenvalue weighted by Gasteiger charge is 2.46. The van der Waals surface area contributed by atoms with Crippen LogP contribution in [0.2, 0.25) is 0 Å². The van der Waals surface area contributed by atoms with Crippen molar-refractivity contribution in [2.75, 3.05) is 27.2 Å². The van der Waals surface area contributed by atoms with Crippen LogP contribution in [0.5, 0.6) is 0 Å². The van der Waals surface area contributed by atoms with Gasteiger partial charge in [0.2, 0.25) is 0 Å². The van der Waals surface area contributed by atoms with Gasteiger partial charge in [-0.1, -0.05) is 55.0 Å². The van der Waals surface area contributed by atoms with Crippen LogP contribution in [0.15, 0.2) is 30.3 Å². The number of carbonyl (C=O) groups is 1. The van der Waals surface area contributed by atoms with E-state index in [0.29, 0.717) is 12.1 Å². The predicted molar refractivity (Wildman–Crippen MR) is 98.9 cm³/mol. The fourth-order valence-electron chi connectivity index (χ4n) is 3.12. The average Bonchev–Trinajstić information content (AvgIpc) is 3.09. The first kappa shape index (κ1) is 20.5. The predicted octanol–water partition coefficient (Wildman–Crippen LogP) is 2.17. The third-order valence-corrected chi connectivity index (χ3v) is 4.36. The molecule has 0 bridgehead atoms. The quantitative estimate of drug-likeness (QED) is 0.800. The maximum Gasteiger partial charge on any atom is 0.257 e. The fourth-order valence-corrected chi connectivity index (χ4v) is 3.12. The molecule has 1 aromatic carbocycles. The van der Waals surface area contributed by atoms with Gasteiger partial charge in [-0.2, -0.15) is 0 Å². The lowest BCUT2D eigenvalue weighted by Crippen LogP contribution is -2.49. The molecule has 5 heteroatoms. The summed E-state index contributed by atoms with van der Waals surface area (Å²) in [5.74, 6) is 5.54. The Hall–Kier alpha value is -1.54. The van der Waals surface area contributed by atoms with E-state index in [4.69, 9.17) is 0 Å². The first-order valence-electron chi connectivity index (χ1n) is 8.21. The molecule has 2 rings (SSSR count). The van der Waals surface area contributed by atoms with Gasteiger partial charge in [0.05, 0.1) is 13.1 Å². The number of benzene rings is 1. The van der Waals surface area contributed by atoms with Gasteiger partial charge in [-0.15, -0.1) is 12.4 Å². The van der Waals surface area contributed by atoms with Crippen LogP contribution in [0.25, 0.3) is 0 Å². The minimum absolute atomic E-state index is 0. The molecule has 1 aliphatic carbocycles. The van der Waals surface area contributed by atoms with Crippen LogP contribution in [-0.4, -0.2) is 43.1 Å². The lowest BCUT2D eigenvalue weighted by Gasteiger charge is -2.33. The number of carbonyl (C=O) groups excluding carboxylic acids is 1. The van der Waals surface area contributed by atoms with Gasteiger partial charge in [0, 0.05) is 5.92 Å². The van der Waals surface area contributed by atoms with Crippen molar-refractivity contribution in [3.63, 3.8) is 0 Å². The summed E-state index contributed by atoms with van der Waals surface area (Å²) in [4.78, 5) is 14.7. The SMILES string of the molecule is CN(C)CC#CCNC(=O)C(O)(c1ccccc1)C1CCCC1.Cl. The Labute approximate surface area is 151 Å². The Morgan fingerprint density at radius 2 is 1.88 bits per heavy atom. The van der Waals surface area contributed by atoms with Crippen LogP contribution < -0.4 is 5.32 Å². The maximum atomic E-state index is 12.7. The Morgan fingerprint density at radius 3 is 2.46 bits per heavy atom. The molecule has 0 aromatic heterocycles. The highest BCUT2D eigenvalue weighted by molar-refractivity contribution is 5.87. The molecule has 0 heterocycles. The van der Waals surface area contributed by atoms with Crippen molar-refractivity contribution in [2.24, 2.45) is 5.92 Å². The van der Waals surface area contributed by atoms with Gasteiger partial charge in [-0.05, 0) is 32.5 Å². The van der Waals surface area contributed by atoms with E-state index in [1.165, 1.54) is 0 Å². The number of aliphatic hydroxyl groups is 1. The van der Waals surface area contributed by atoms with Crippen molar-refractivity contribution in [1.82, 2.24) is 10.2 Å². The highest BCUT2D eigenvalue weighted by atomic mass is 35.5. The molecular formula is C19H27ClN2O2. The molecule has 0 spiro atoms. The van der Waals surface area contributed by atoms with Gasteiger partial charge in [-0.3, -0.25) is 9.69 Å². The lowest BCUT2D eigenvalue weighted by molar-refractivity contribution is -0.147. The number of hydrogen-bond acceptors (Lipinski definition) is 3. The molecule has 0 saturated heterocycles. The number of hydrogen-bond donors (Lipinski definition) is 2. The standard InChI is InChI=1S/C19H26N2O2.ClH/c1-21(2)15-9-8-14-20-18(22)19(23,17-12-6-7-13-17)16-10-4-3-5-11-16;/h3-5,10-11,17,23H,6-7,12-15H2,1-2H3,(H,20,22);1H. The van der Waals surface area contributed by atoms with E-state index in [9.17, 15) is 9.90 Å². The van der Waals surface area contributed by atoms with Crippen molar-refractivity contribution in [3.05, 3.63) is 35.9 Å². The van der Waals surface area contributed by atoms with Crippen LogP contribution in [0.1, 0.15) is 31.2 Å². The van der Waals surface area contributed by atoms with Crippen LogP contribution in [-0.2, 0) is 10.4 Å². The molecule has 1 unspecified atom stereocenters. The second kappa shape index (κ2) is 9.68. The zero-order valence-corrected chi connectivity index (χ0v) is 15.2. The molecule has 1 amide bonds. The first-order chi connectivity index (χ1) is 11.0. The summed E-state index contributed by atoms with van der Waals surface area (Å²) in [5.41, 5.74) is -0.785. The zero-order valence-electron chi connectivity index (χ0n) is 14.4. The first-order valence-corrected chi connectivity index (χ1v) is 8.21. The van der Waals surface area contributed by atoms with Crippen LogP contribution in [0, 0.1) is 17.8 Å². The fraction of sp³-hybridized carbons (Fsp3) is 0.526. The van der Waals surface area contributed by atoms with Gasteiger partial charge in [0.15, 0.2) is 5.60 Å². The highest BCUT2D eigenvalue weighted by Crippen LogP contribution is 2.40. The van der Waals surface area contributed by atoms with Crippen molar-refractivity contribution < 1.29 is 9.90 Å². The smallest absolute Gasteiger partial charge is 0.257 e. The topological polar surface area (TPSA) is 52.6 Å². The summed E-state index contributed by atoms with van der Waals surface area (Å²) in [6.45, 7) is 0.913. The van der Waals surface area contributed by atoms with E-state index in [1.54, 1.807) is 0 Å². The van der Waals surface area contributed by atoms with E-state index in [1.807, 2.05) is 49.3 Å². The van der Waals surface area contributed by atoms with E-state index in [-0.39, 0.29) is 30.8 Å². The molecule has 1 saturated carbocycles. The molecule has 1 atom stereocenters. The minimum atomic E-state index is -1.46. The second-order valence-corrected chi connectivity index (χ2v) is 6.39. The second-order valence-electron chi connectivity index (χ2n) is 6.39. The minimum Gasteiger partial charge on any atom is -0.375 e. The third kappa shape index (κ3) is 4.98. The zero-order chi connectivity index (χ0) is 16.7. The summed E-state index contributed by atoms with van der Waals surface area (Å²) in [6, 6.07) is 9.27. The van der Waals surface area contributed by atoms with Gasteiger partial charge in [0.1, 0.15) is 0 Å². The summed E-state index contributed by atoms with van der Waals surface area (Å²) in [5, 5.41) is 14.0. The number of amides is 1. The molecule has 2 N–H and O–H groups in total. The molecule has 132 valence electrons. The largest absolute Gasteiger partial charge is 0.375 e. The van der Waals surface area contributed by atoms with Gasteiger partial charge in [-0.25, -0.2) is 0 Å². The Balaban J connectivity index is 0.00000288. The monoisotopic (exact) mass is 350 g/mol. The van der Waals surface area contributed by atoms with E-state index in [2.05, 4.69) is 17.2 Å². The van der Waals surface area contributed by atoms with Gasteiger partial charge >= 0.3 is 0 Å². The van der Waals surface area contributed by atoms with Crippen LogP contribution in [0.4, 0.5) is 0 Å². The van der Waals surface area contributed by atoms with E-state index < -0.39 is 5.60 Å². The molecular weight excluding hydrogens is 324 g/mol. The molecule has 0 aliphatic heterocycles. The number of nitrogens with zero attached hydrogens (tertiary/aromatic N) is 1. The van der Waals surface area contributed by atoms with Gasteiger partial charge in [0.25, 0.3) is 5.91 Å². The molecule has 1 fully saturated rings. The van der Waals surface area contributed by atoms with Gasteiger partial charge < -0.3 is 10.4 Å². The summed E-state index contributed by atoms with van der Waals surface area (Å²) >= 11 is 0. The molecule has 1 aliphatic rings. The number of nitrogens with one attached hydrogen (secondary N) is 1. The van der Waals surface area contributed by atoms with Crippen LogP contribution >= 0.6 is 12.4 Å². The van der Waals surface area contributed by atoms with Crippen LogP contribution in [0.3, 0.4) is 0 Å². The third-order valence-electron chi connectivity index (χ3n) is 4.36. The normalized spacial score (nSPS) is 16.7. The number of halogens is 1. The van der Waals surface area contributed by atoms with E-state index >= 15 is 0 Å². The maximum absolute atomic E-state index is 12.7. The molecule has 0 radical (unpaired) electrons. The Bertz CT molecular complexity index is 574. The lowest BCUT2D eigenvalue weighted by atomic mass is 9.79. The number of rotatable bonds is 5. The molecule has 24 heavy (non-hydrogen) atoms. The van der Waals surface area contributed by atoms with Crippen molar-refractivity contribution >= 4 is 18.3 Å².